The van der Waals surface area contributed by atoms with Crippen molar-refractivity contribution in [3.05, 3.63) is 35.9 Å². The number of piperidine rings is 1. The monoisotopic (exact) mass is 295 g/mol. The lowest BCUT2D eigenvalue weighted by molar-refractivity contribution is 0.0672. The van der Waals surface area contributed by atoms with E-state index >= 15 is 0 Å². The van der Waals surface area contributed by atoms with Gasteiger partial charge in [-0.05, 0) is 37.3 Å². The van der Waals surface area contributed by atoms with Gasteiger partial charge in [-0.3, -0.25) is 4.79 Å². The molecule has 0 aliphatic carbocycles. The predicted octanol–water partition coefficient (Wildman–Crippen LogP) is 3.32. The maximum atomic E-state index is 12.3. The van der Waals surface area contributed by atoms with Gasteiger partial charge in [0.05, 0.1) is 0 Å². The van der Waals surface area contributed by atoms with Crippen LogP contribution in [0.25, 0.3) is 0 Å². The topological polar surface area (TPSA) is 20.3 Å². The molecule has 1 heterocycles. The number of carbonyl (C=O) groups is 1. The van der Waals surface area contributed by atoms with Crippen molar-refractivity contribution in [1.82, 2.24) is 4.90 Å². The molecule has 1 aromatic rings. The van der Waals surface area contributed by atoms with Crippen LogP contribution in [0.2, 0.25) is 0 Å². The van der Waals surface area contributed by atoms with Crippen LogP contribution in [-0.2, 0) is 0 Å². The average Bonchev–Trinajstić information content (AvgIpc) is 2.40. The zero-order valence-electron chi connectivity index (χ0n) is 9.94. The van der Waals surface area contributed by atoms with Crippen LogP contribution >= 0.6 is 15.9 Å². The average molecular weight is 296 g/mol. The fourth-order valence-corrected chi connectivity index (χ4v) is 3.05. The first-order chi connectivity index (χ1) is 8.31. The minimum atomic E-state index is 0.185. The van der Waals surface area contributed by atoms with Crippen molar-refractivity contribution in [3.8, 4) is 0 Å². The van der Waals surface area contributed by atoms with Crippen LogP contribution in [0.1, 0.15) is 29.6 Å². The molecule has 1 amide bonds. The molecule has 2 rings (SSSR count). The Hall–Kier alpha value is -0.830. The lowest BCUT2D eigenvalue weighted by atomic mass is 9.95. The number of likely N-dealkylation sites (tertiary alicyclic amines) is 1. The second-order valence-corrected chi connectivity index (χ2v) is 5.40. The van der Waals surface area contributed by atoms with Crippen LogP contribution in [0.4, 0.5) is 0 Å². The Morgan fingerprint density at radius 2 is 2.12 bits per heavy atom. The summed E-state index contributed by atoms with van der Waals surface area (Å²) in [5.41, 5.74) is 0.812. The van der Waals surface area contributed by atoms with Crippen molar-refractivity contribution in [1.29, 1.82) is 0 Å². The molecule has 0 saturated carbocycles. The fraction of sp³-hybridized carbons (Fsp3) is 0.500. The minimum Gasteiger partial charge on any atom is -0.338 e. The van der Waals surface area contributed by atoms with Crippen LogP contribution in [0, 0.1) is 5.92 Å². The van der Waals surface area contributed by atoms with Crippen molar-refractivity contribution < 1.29 is 4.79 Å². The number of carbonyl (C=O) groups excluding carboxylic acids is 1. The zero-order valence-corrected chi connectivity index (χ0v) is 11.5. The van der Waals surface area contributed by atoms with Gasteiger partial charge in [-0.1, -0.05) is 34.1 Å². The van der Waals surface area contributed by atoms with Gasteiger partial charge >= 0.3 is 0 Å². The molecule has 92 valence electrons. The first kappa shape index (κ1) is 12.6. The largest absolute Gasteiger partial charge is 0.338 e. The maximum Gasteiger partial charge on any atom is 0.253 e. The summed E-state index contributed by atoms with van der Waals surface area (Å²) in [5, 5.41) is 1.03. The molecule has 1 aliphatic heterocycles. The third-order valence-corrected chi connectivity index (χ3v) is 3.80. The van der Waals surface area contributed by atoms with E-state index in [9.17, 15) is 4.79 Å². The van der Waals surface area contributed by atoms with Crippen LogP contribution in [0.5, 0.6) is 0 Å². The highest BCUT2D eigenvalue weighted by atomic mass is 79.9. The third kappa shape index (κ3) is 3.32. The molecule has 1 unspecified atom stereocenters. The van der Waals surface area contributed by atoms with E-state index < -0.39 is 0 Å². The summed E-state index contributed by atoms with van der Waals surface area (Å²) >= 11 is 3.48. The summed E-state index contributed by atoms with van der Waals surface area (Å²) < 4.78 is 0. The summed E-state index contributed by atoms with van der Waals surface area (Å²) in [4.78, 5) is 14.3. The van der Waals surface area contributed by atoms with E-state index in [0.29, 0.717) is 5.92 Å². The summed E-state index contributed by atoms with van der Waals surface area (Å²) in [5.74, 6) is 0.848. The Morgan fingerprint density at radius 1 is 1.35 bits per heavy atom. The summed E-state index contributed by atoms with van der Waals surface area (Å²) in [6.07, 6.45) is 3.55. The van der Waals surface area contributed by atoms with Gasteiger partial charge in [-0.15, -0.1) is 0 Å². The van der Waals surface area contributed by atoms with Crippen molar-refractivity contribution in [2.45, 2.75) is 19.3 Å². The summed E-state index contributed by atoms with van der Waals surface area (Å²) in [6.45, 7) is 1.83. The highest BCUT2D eigenvalue weighted by molar-refractivity contribution is 9.09. The van der Waals surface area contributed by atoms with Crippen molar-refractivity contribution in [2.75, 3.05) is 18.4 Å². The van der Waals surface area contributed by atoms with E-state index in [2.05, 4.69) is 15.9 Å². The Morgan fingerprint density at radius 3 is 2.82 bits per heavy atom. The van der Waals surface area contributed by atoms with Crippen LogP contribution in [-0.4, -0.2) is 29.2 Å². The van der Waals surface area contributed by atoms with E-state index in [-0.39, 0.29) is 5.91 Å². The maximum absolute atomic E-state index is 12.3. The molecule has 1 atom stereocenters. The van der Waals surface area contributed by atoms with E-state index in [4.69, 9.17) is 0 Å². The highest BCUT2D eigenvalue weighted by Crippen LogP contribution is 2.21. The predicted molar refractivity (Wildman–Crippen MR) is 73.5 cm³/mol. The molecule has 17 heavy (non-hydrogen) atoms. The van der Waals surface area contributed by atoms with Gasteiger partial charge in [0.15, 0.2) is 0 Å². The lowest BCUT2D eigenvalue weighted by Crippen LogP contribution is -2.40. The molecule has 0 spiro atoms. The molecule has 2 nitrogen and oxygen atoms in total. The van der Waals surface area contributed by atoms with Gasteiger partial charge < -0.3 is 4.90 Å². The number of hydrogen-bond acceptors (Lipinski definition) is 1. The summed E-state index contributed by atoms with van der Waals surface area (Å²) in [6, 6.07) is 9.59. The minimum absolute atomic E-state index is 0.185. The zero-order chi connectivity index (χ0) is 12.1. The van der Waals surface area contributed by atoms with Crippen LogP contribution in [0.15, 0.2) is 30.3 Å². The molecule has 0 bridgehead atoms. The molecular formula is C14H18BrNO. The number of benzene rings is 1. The Kier molecular flexibility index (Phi) is 4.60. The van der Waals surface area contributed by atoms with Crippen molar-refractivity contribution in [3.63, 3.8) is 0 Å². The first-order valence-corrected chi connectivity index (χ1v) is 7.33. The van der Waals surface area contributed by atoms with E-state index in [0.717, 1.165) is 30.4 Å². The Labute approximate surface area is 111 Å². The molecule has 1 aliphatic rings. The van der Waals surface area contributed by atoms with Gasteiger partial charge in [0, 0.05) is 24.0 Å². The van der Waals surface area contributed by atoms with E-state index in [1.165, 1.54) is 12.8 Å². The molecule has 1 aromatic carbocycles. The van der Waals surface area contributed by atoms with Gasteiger partial charge in [0.1, 0.15) is 0 Å². The molecular weight excluding hydrogens is 278 g/mol. The number of rotatable bonds is 3. The van der Waals surface area contributed by atoms with Gasteiger partial charge in [-0.2, -0.15) is 0 Å². The lowest BCUT2D eigenvalue weighted by Gasteiger charge is -2.32. The van der Waals surface area contributed by atoms with E-state index in [1.54, 1.807) is 0 Å². The molecule has 0 radical (unpaired) electrons. The van der Waals surface area contributed by atoms with Gasteiger partial charge in [0.25, 0.3) is 5.91 Å². The normalized spacial score (nSPS) is 20.3. The van der Waals surface area contributed by atoms with E-state index in [1.807, 2.05) is 35.2 Å². The molecule has 0 aromatic heterocycles. The number of alkyl halides is 1. The number of nitrogens with zero attached hydrogens (tertiary/aromatic N) is 1. The van der Waals surface area contributed by atoms with Crippen LogP contribution in [0.3, 0.4) is 0 Å². The first-order valence-electron chi connectivity index (χ1n) is 6.21. The molecule has 3 heteroatoms. The second-order valence-electron chi connectivity index (χ2n) is 4.60. The highest BCUT2D eigenvalue weighted by Gasteiger charge is 2.23. The van der Waals surface area contributed by atoms with Crippen molar-refractivity contribution in [2.24, 2.45) is 5.92 Å². The third-order valence-electron chi connectivity index (χ3n) is 3.34. The van der Waals surface area contributed by atoms with Gasteiger partial charge in [0.2, 0.25) is 0 Å². The fourth-order valence-electron chi connectivity index (χ4n) is 2.40. The number of amides is 1. The van der Waals surface area contributed by atoms with Gasteiger partial charge in [-0.25, -0.2) is 0 Å². The Bertz CT molecular complexity index is 364. The quantitative estimate of drug-likeness (QED) is 0.784. The second kappa shape index (κ2) is 6.20. The Balaban J connectivity index is 2.00. The molecule has 1 fully saturated rings. The summed E-state index contributed by atoms with van der Waals surface area (Å²) in [7, 11) is 0. The van der Waals surface area contributed by atoms with Crippen molar-refractivity contribution >= 4 is 21.8 Å². The number of hydrogen-bond donors (Lipinski definition) is 0. The molecule has 0 N–H and O–H groups in total. The van der Waals surface area contributed by atoms with Crippen LogP contribution < -0.4 is 0 Å². The SMILES string of the molecule is O=C(c1ccccc1)N1CCCC(CCBr)C1. The smallest absolute Gasteiger partial charge is 0.253 e. The number of halogens is 1. The molecule has 1 saturated heterocycles. The standard InChI is InChI=1S/C14H18BrNO/c15-9-8-12-5-4-10-16(11-12)14(17)13-6-2-1-3-7-13/h1-3,6-7,12H,4-5,8-11H2.